The molecule has 1 aromatic heterocycles. The highest BCUT2D eigenvalue weighted by Gasteiger charge is 2.43. The monoisotopic (exact) mass is 250 g/mol. The van der Waals surface area contributed by atoms with E-state index in [4.69, 9.17) is 5.73 Å². The Morgan fingerprint density at radius 2 is 2.25 bits per heavy atom. The summed E-state index contributed by atoms with van der Waals surface area (Å²) >= 11 is 1.62. The van der Waals surface area contributed by atoms with Gasteiger partial charge in [-0.3, -0.25) is 4.90 Å². The third kappa shape index (κ3) is 2.23. The number of halogens is 3. The molecule has 6 heteroatoms. The van der Waals surface area contributed by atoms with Crippen molar-refractivity contribution in [1.82, 2.24) is 4.90 Å². The predicted octanol–water partition coefficient (Wildman–Crippen LogP) is 2.00. The fourth-order valence-electron chi connectivity index (χ4n) is 2.03. The van der Waals surface area contributed by atoms with E-state index in [1.165, 1.54) is 9.78 Å². The molecule has 0 spiro atoms. The number of alkyl halides is 3. The standard InChI is InChI=1S/C10H13F3N2S/c11-10(12,13)9(5-14)15-3-1-8-7(6-15)2-4-16-8/h2,4,9H,1,3,5-6,14H2. The zero-order chi connectivity index (χ0) is 11.8. The first-order chi connectivity index (χ1) is 7.52. The van der Waals surface area contributed by atoms with E-state index in [1.807, 2.05) is 11.4 Å². The number of hydrogen-bond acceptors (Lipinski definition) is 3. The van der Waals surface area contributed by atoms with Crippen LogP contribution >= 0.6 is 11.3 Å². The maximum atomic E-state index is 12.7. The summed E-state index contributed by atoms with van der Waals surface area (Å²) in [6, 6.07) is 0.386. The molecule has 1 aromatic rings. The molecule has 90 valence electrons. The van der Waals surface area contributed by atoms with Gasteiger partial charge in [0, 0.05) is 24.5 Å². The van der Waals surface area contributed by atoms with Crippen LogP contribution in [0, 0.1) is 0 Å². The second-order valence-corrected chi connectivity index (χ2v) is 4.88. The third-order valence-electron chi connectivity index (χ3n) is 2.88. The van der Waals surface area contributed by atoms with Crippen molar-refractivity contribution in [3.63, 3.8) is 0 Å². The van der Waals surface area contributed by atoms with Gasteiger partial charge in [-0.1, -0.05) is 0 Å². The highest BCUT2D eigenvalue weighted by Crippen LogP contribution is 2.30. The lowest BCUT2D eigenvalue weighted by Gasteiger charge is -2.34. The van der Waals surface area contributed by atoms with Crippen molar-refractivity contribution >= 4 is 11.3 Å². The molecule has 0 saturated heterocycles. The van der Waals surface area contributed by atoms with Crippen LogP contribution in [-0.2, 0) is 13.0 Å². The molecule has 0 aromatic carbocycles. The smallest absolute Gasteiger partial charge is 0.329 e. The highest BCUT2D eigenvalue weighted by molar-refractivity contribution is 7.10. The van der Waals surface area contributed by atoms with Gasteiger partial charge in [-0.2, -0.15) is 13.2 Å². The molecule has 1 aliphatic heterocycles. The van der Waals surface area contributed by atoms with Gasteiger partial charge in [-0.25, -0.2) is 0 Å². The molecular formula is C10H13F3N2S. The van der Waals surface area contributed by atoms with Crippen molar-refractivity contribution in [3.05, 3.63) is 21.9 Å². The van der Waals surface area contributed by atoms with Gasteiger partial charge in [0.15, 0.2) is 0 Å². The van der Waals surface area contributed by atoms with Crippen LogP contribution in [0.5, 0.6) is 0 Å². The molecular weight excluding hydrogens is 237 g/mol. The van der Waals surface area contributed by atoms with E-state index in [9.17, 15) is 13.2 Å². The summed E-state index contributed by atoms with van der Waals surface area (Å²) in [7, 11) is 0. The minimum Gasteiger partial charge on any atom is -0.329 e. The third-order valence-corrected chi connectivity index (χ3v) is 3.90. The van der Waals surface area contributed by atoms with Gasteiger partial charge in [0.25, 0.3) is 0 Å². The first kappa shape index (κ1) is 11.9. The Balaban J connectivity index is 2.13. The molecule has 1 unspecified atom stereocenters. The van der Waals surface area contributed by atoms with Gasteiger partial charge in [0.05, 0.1) is 0 Å². The SMILES string of the molecule is NCC(N1CCc2sccc2C1)C(F)(F)F. The van der Waals surface area contributed by atoms with E-state index in [0.717, 1.165) is 5.56 Å². The highest BCUT2D eigenvalue weighted by atomic mass is 32.1. The number of nitrogens with two attached hydrogens (primary N) is 1. The molecule has 0 bridgehead atoms. The maximum Gasteiger partial charge on any atom is 0.405 e. The van der Waals surface area contributed by atoms with Crippen LogP contribution in [0.1, 0.15) is 10.4 Å². The number of thiophene rings is 1. The Kier molecular flexibility index (Phi) is 3.23. The predicted molar refractivity (Wildman–Crippen MR) is 57.3 cm³/mol. The van der Waals surface area contributed by atoms with Crippen LogP contribution in [0.15, 0.2) is 11.4 Å². The number of rotatable bonds is 2. The van der Waals surface area contributed by atoms with E-state index in [-0.39, 0.29) is 6.54 Å². The minimum absolute atomic E-state index is 0.361. The normalized spacial score (nSPS) is 19.5. The Morgan fingerprint density at radius 3 is 2.88 bits per heavy atom. The lowest BCUT2D eigenvalue weighted by Crippen LogP contribution is -2.51. The lowest BCUT2D eigenvalue weighted by molar-refractivity contribution is -0.183. The fourth-order valence-corrected chi connectivity index (χ4v) is 2.92. The van der Waals surface area contributed by atoms with Crippen LogP contribution in [0.2, 0.25) is 0 Å². The van der Waals surface area contributed by atoms with Crippen molar-refractivity contribution < 1.29 is 13.2 Å². The van der Waals surface area contributed by atoms with E-state index in [1.54, 1.807) is 11.3 Å². The molecule has 16 heavy (non-hydrogen) atoms. The molecule has 2 N–H and O–H groups in total. The molecule has 0 fully saturated rings. The van der Waals surface area contributed by atoms with Crippen LogP contribution in [0.25, 0.3) is 0 Å². The average molecular weight is 250 g/mol. The van der Waals surface area contributed by atoms with Gasteiger partial charge in [-0.15, -0.1) is 11.3 Å². The largest absolute Gasteiger partial charge is 0.405 e. The summed E-state index contributed by atoms with van der Waals surface area (Å²) in [5.41, 5.74) is 6.24. The lowest BCUT2D eigenvalue weighted by atomic mass is 10.1. The molecule has 0 radical (unpaired) electrons. The van der Waals surface area contributed by atoms with E-state index >= 15 is 0 Å². The molecule has 0 saturated carbocycles. The summed E-state index contributed by atoms with van der Waals surface area (Å²) in [6.07, 6.45) is -3.54. The summed E-state index contributed by atoms with van der Waals surface area (Å²) in [5.74, 6) is 0. The zero-order valence-electron chi connectivity index (χ0n) is 8.63. The number of hydrogen-bond donors (Lipinski definition) is 1. The van der Waals surface area contributed by atoms with Crippen LogP contribution in [-0.4, -0.2) is 30.2 Å². The first-order valence-electron chi connectivity index (χ1n) is 5.08. The summed E-state index contributed by atoms with van der Waals surface area (Å²) in [6.45, 7) is 0.429. The maximum absolute atomic E-state index is 12.7. The van der Waals surface area contributed by atoms with Crippen molar-refractivity contribution in [2.24, 2.45) is 5.73 Å². The van der Waals surface area contributed by atoms with Crippen molar-refractivity contribution in [2.75, 3.05) is 13.1 Å². The van der Waals surface area contributed by atoms with Gasteiger partial charge in [-0.05, 0) is 23.4 Å². The number of fused-ring (bicyclic) bond motifs is 1. The summed E-state index contributed by atoms with van der Waals surface area (Å²) < 4.78 is 38.1. The minimum atomic E-state index is -4.23. The second kappa shape index (κ2) is 4.35. The molecule has 2 rings (SSSR count). The first-order valence-corrected chi connectivity index (χ1v) is 5.96. The Labute approximate surface area is 95.9 Å². The molecule has 2 heterocycles. The van der Waals surface area contributed by atoms with Gasteiger partial charge in [0.2, 0.25) is 0 Å². The molecule has 1 aliphatic rings. The second-order valence-electron chi connectivity index (χ2n) is 3.88. The van der Waals surface area contributed by atoms with E-state index < -0.39 is 12.2 Å². The Hall–Kier alpha value is -0.590. The van der Waals surface area contributed by atoms with Crippen molar-refractivity contribution in [3.8, 4) is 0 Å². The average Bonchev–Trinajstić information content (AvgIpc) is 2.63. The van der Waals surface area contributed by atoms with E-state index in [0.29, 0.717) is 19.5 Å². The van der Waals surface area contributed by atoms with Crippen LogP contribution in [0.4, 0.5) is 13.2 Å². The summed E-state index contributed by atoms with van der Waals surface area (Å²) in [5, 5.41) is 1.93. The van der Waals surface area contributed by atoms with Gasteiger partial charge < -0.3 is 5.73 Å². The van der Waals surface area contributed by atoms with Gasteiger partial charge >= 0.3 is 6.18 Å². The Morgan fingerprint density at radius 1 is 1.50 bits per heavy atom. The zero-order valence-corrected chi connectivity index (χ0v) is 9.44. The van der Waals surface area contributed by atoms with Crippen LogP contribution in [0.3, 0.4) is 0 Å². The van der Waals surface area contributed by atoms with Crippen LogP contribution < -0.4 is 5.73 Å². The van der Waals surface area contributed by atoms with E-state index in [2.05, 4.69) is 0 Å². The van der Waals surface area contributed by atoms with Crippen molar-refractivity contribution in [2.45, 2.75) is 25.2 Å². The van der Waals surface area contributed by atoms with Gasteiger partial charge in [0.1, 0.15) is 6.04 Å². The molecule has 0 aliphatic carbocycles. The van der Waals surface area contributed by atoms with Crippen molar-refractivity contribution in [1.29, 1.82) is 0 Å². The number of nitrogens with zero attached hydrogens (tertiary/aromatic N) is 1. The fraction of sp³-hybridized carbons (Fsp3) is 0.600. The Bertz CT molecular complexity index is 361. The molecule has 2 nitrogen and oxygen atoms in total. The molecule has 1 atom stereocenters. The summed E-state index contributed by atoms with van der Waals surface area (Å²) in [4.78, 5) is 2.63. The quantitative estimate of drug-likeness (QED) is 0.869. The topological polar surface area (TPSA) is 29.3 Å². The molecule has 0 amide bonds.